The summed E-state index contributed by atoms with van der Waals surface area (Å²) < 4.78 is 21.5. The van der Waals surface area contributed by atoms with Gasteiger partial charge in [0.15, 0.2) is 17.6 Å². The van der Waals surface area contributed by atoms with E-state index in [4.69, 9.17) is 18.9 Å². The number of anilines is 2. The number of fused-ring (bicyclic) bond motifs is 1. The Kier molecular flexibility index (Phi) is 6.41. The number of hydrogen-bond donors (Lipinski definition) is 2. The summed E-state index contributed by atoms with van der Waals surface area (Å²) in [5, 5.41) is 5.29. The first kappa shape index (κ1) is 21.0. The van der Waals surface area contributed by atoms with Crippen LogP contribution in [0.2, 0.25) is 0 Å². The molecule has 2 aromatic carbocycles. The van der Waals surface area contributed by atoms with Crippen molar-refractivity contribution in [3.05, 3.63) is 42.0 Å². The Morgan fingerprint density at radius 2 is 1.63 bits per heavy atom. The smallest absolute Gasteiger partial charge is 0.339 e. The minimum absolute atomic E-state index is 0.176. The van der Waals surface area contributed by atoms with Crippen LogP contribution in [-0.2, 0) is 14.3 Å². The minimum Gasteiger partial charge on any atom is -0.493 e. The molecule has 2 aromatic rings. The highest BCUT2D eigenvalue weighted by Crippen LogP contribution is 2.40. The second kappa shape index (κ2) is 9.17. The molecule has 0 aromatic heterocycles. The molecule has 9 heteroatoms. The summed E-state index contributed by atoms with van der Waals surface area (Å²) in [6.07, 6.45) is -1.05. The number of benzene rings is 2. The van der Waals surface area contributed by atoms with Crippen molar-refractivity contribution < 1.29 is 33.3 Å². The normalized spacial score (nSPS) is 13.0. The van der Waals surface area contributed by atoms with Crippen LogP contribution in [0.25, 0.3) is 0 Å². The average Bonchev–Trinajstić information content (AvgIpc) is 2.73. The van der Waals surface area contributed by atoms with E-state index in [1.165, 1.54) is 33.1 Å². The van der Waals surface area contributed by atoms with Crippen LogP contribution in [0.3, 0.4) is 0 Å². The van der Waals surface area contributed by atoms with Gasteiger partial charge in [0.05, 0.1) is 12.7 Å². The van der Waals surface area contributed by atoms with Gasteiger partial charge in [-0.1, -0.05) is 0 Å². The maximum Gasteiger partial charge on any atom is 0.339 e. The fraction of sp³-hybridized carbons (Fsp3) is 0.286. The molecule has 1 atom stereocenters. The highest BCUT2D eigenvalue weighted by molar-refractivity contribution is 5.98. The predicted molar refractivity (Wildman–Crippen MR) is 108 cm³/mol. The molecule has 3 rings (SSSR count). The zero-order chi connectivity index (χ0) is 21.7. The number of carbonyl (C=O) groups is 3. The topological polar surface area (TPSA) is 112 Å². The predicted octanol–water partition coefficient (Wildman–Crippen LogP) is 2.61. The van der Waals surface area contributed by atoms with Gasteiger partial charge in [0.2, 0.25) is 11.7 Å². The van der Waals surface area contributed by atoms with E-state index in [9.17, 15) is 14.4 Å². The Morgan fingerprint density at radius 1 is 1.00 bits per heavy atom. The van der Waals surface area contributed by atoms with Crippen molar-refractivity contribution in [2.75, 3.05) is 31.0 Å². The van der Waals surface area contributed by atoms with E-state index in [1.807, 2.05) is 0 Å². The third-order valence-electron chi connectivity index (χ3n) is 4.19. The van der Waals surface area contributed by atoms with Crippen molar-refractivity contribution in [2.24, 2.45) is 0 Å². The van der Waals surface area contributed by atoms with Gasteiger partial charge < -0.3 is 29.6 Å². The van der Waals surface area contributed by atoms with Gasteiger partial charge in [-0.05, 0) is 43.3 Å². The molecule has 0 aliphatic carbocycles. The van der Waals surface area contributed by atoms with Crippen molar-refractivity contribution in [3.8, 4) is 17.2 Å². The maximum absolute atomic E-state index is 12.5. The van der Waals surface area contributed by atoms with E-state index in [0.29, 0.717) is 41.8 Å². The zero-order valence-corrected chi connectivity index (χ0v) is 16.8. The number of ether oxygens (including phenoxy) is 4. The number of rotatable bonds is 6. The minimum atomic E-state index is -1.05. The van der Waals surface area contributed by atoms with Crippen LogP contribution in [0.15, 0.2) is 36.4 Å². The Morgan fingerprint density at radius 3 is 2.27 bits per heavy atom. The second-order valence-electron chi connectivity index (χ2n) is 6.50. The fourth-order valence-electron chi connectivity index (χ4n) is 2.76. The molecule has 9 nitrogen and oxygen atoms in total. The quantitative estimate of drug-likeness (QED) is 0.699. The highest BCUT2D eigenvalue weighted by Gasteiger charge is 2.24. The van der Waals surface area contributed by atoms with E-state index in [0.717, 1.165) is 0 Å². The van der Waals surface area contributed by atoms with Crippen molar-refractivity contribution in [1.29, 1.82) is 0 Å². The van der Waals surface area contributed by atoms with Gasteiger partial charge in [0.1, 0.15) is 13.2 Å². The summed E-state index contributed by atoms with van der Waals surface area (Å²) in [6.45, 7) is 3.61. The van der Waals surface area contributed by atoms with E-state index in [-0.39, 0.29) is 11.5 Å². The van der Waals surface area contributed by atoms with Crippen LogP contribution in [0.1, 0.15) is 24.2 Å². The molecule has 0 saturated carbocycles. The lowest BCUT2D eigenvalue weighted by atomic mass is 10.1. The Bertz CT molecular complexity index is 939. The summed E-state index contributed by atoms with van der Waals surface area (Å²) in [5.74, 6) is -0.245. The first-order chi connectivity index (χ1) is 14.4. The molecule has 158 valence electrons. The molecule has 0 radical (unpaired) electrons. The molecule has 1 aliphatic heterocycles. The van der Waals surface area contributed by atoms with Gasteiger partial charge in [0, 0.05) is 18.3 Å². The number of nitrogens with one attached hydrogen (secondary N) is 2. The molecule has 0 fully saturated rings. The largest absolute Gasteiger partial charge is 0.493 e. The van der Waals surface area contributed by atoms with E-state index in [1.54, 1.807) is 24.3 Å². The molecule has 0 bridgehead atoms. The van der Waals surface area contributed by atoms with Gasteiger partial charge in [-0.15, -0.1) is 0 Å². The number of esters is 1. The Balaban J connectivity index is 1.63. The first-order valence-electron chi connectivity index (χ1n) is 9.24. The van der Waals surface area contributed by atoms with Crippen LogP contribution in [-0.4, -0.2) is 44.2 Å². The molecule has 1 aliphatic rings. The summed E-state index contributed by atoms with van der Waals surface area (Å²) in [6, 6.07) is 9.52. The van der Waals surface area contributed by atoms with Crippen LogP contribution in [0.4, 0.5) is 11.4 Å². The van der Waals surface area contributed by atoms with E-state index < -0.39 is 18.0 Å². The molecule has 0 saturated heterocycles. The highest BCUT2D eigenvalue weighted by atomic mass is 16.6. The number of hydrogen-bond acceptors (Lipinski definition) is 7. The maximum atomic E-state index is 12.5. The fourth-order valence-corrected chi connectivity index (χ4v) is 2.76. The summed E-state index contributed by atoms with van der Waals surface area (Å²) in [7, 11) is 1.45. The van der Waals surface area contributed by atoms with Gasteiger partial charge in [-0.3, -0.25) is 9.59 Å². The third-order valence-corrected chi connectivity index (χ3v) is 4.19. The second-order valence-corrected chi connectivity index (χ2v) is 6.50. The van der Waals surface area contributed by atoms with E-state index >= 15 is 0 Å². The SMILES string of the molecule is COc1cc(C(=O)O[C@@H](C)C(=O)Nc2ccc(NC(C)=O)cc2)cc2c1OCCO2. The molecule has 0 unspecified atom stereocenters. The third kappa shape index (κ3) is 4.99. The summed E-state index contributed by atoms with van der Waals surface area (Å²) >= 11 is 0. The van der Waals surface area contributed by atoms with Crippen molar-refractivity contribution in [1.82, 2.24) is 0 Å². The molecule has 1 heterocycles. The van der Waals surface area contributed by atoms with Gasteiger partial charge in [0.25, 0.3) is 5.91 Å². The number of carbonyl (C=O) groups excluding carboxylic acids is 3. The average molecular weight is 414 g/mol. The lowest BCUT2D eigenvalue weighted by Crippen LogP contribution is -2.30. The molecular formula is C21H22N2O7. The molecule has 2 amide bonds. The van der Waals surface area contributed by atoms with Crippen LogP contribution >= 0.6 is 0 Å². The lowest BCUT2D eigenvalue weighted by Gasteiger charge is -2.21. The first-order valence-corrected chi connectivity index (χ1v) is 9.24. The van der Waals surface area contributed by atoms with Gasteiger partial charge >= 0.3 is 5.97 Å². The van der Waals surface area contributed by atoms with E-state index in [2.05, 4.69) is 10.6 Å². The molecular weight excluding hydrogens is 392 g/mol. The van der Waals surface area contributed by atoms with Crippen molar-refractivity contribution >= 4 is 29.2 Å². The van der Waals surface area contributed by atoms with Gasteiger partial charge in [-0.25, -0.2) is 4.79 Å². The molecule has 2 N–H and O–H groups in total. The lowest BCUT2D eigenvalue weighted by molar-refractivity contribution is -0.123. The summed E-state index contributed by atoms with van der Waals surface area (Å²) in [5.41, 5.74) is 1.28. The van der Waals surface area contributed by atoms with Gasteiger partial charge in [-0.2, -0.15) is 0 Å². The van der Waals surface area contributed by atoms with Crippen molar-refractivity contribution in [3.63, 3.8) is 0 Å². The number of amides is 2. The van der Waals surface area contributed by atoms with Crippen LogP contribution in [0, 0.1) is 0 Å². The summed E-state index contributed by atoms with van der Waals surface area (Å²) in [4.78, 5) is 35.9. The number of methoxy groups -OCH3 is 1. The van der Waals surface area contributed by atoms with Crippen LogP contribution < -0.4 is 24.8 Å². The Labute approximate surface area is 173 Å². The zero-order valence-electron chi connectivity index (χ0n) is 16.8. The van der Waals surface area contributed by atoms with Crippen LogP contribution in [0.5, 0.6) is 17.2 Å². The Hall–Kier alpha value is -3.75. The monoisotopic (exact) mass is 414 g/mol. The van der Waals surface area contributed by atoms with Crippen molar-refractivity contribution in [2.45, 2.75) is 20.0 Å². The molecule has 30 heavy (non-hydrogen) atoms. The standard InChI is InChI=1S/C21H22N2O7/c1-12(20(25)23-16-6-4-15(5-7-16)22-13(2)24)30-21(26)14-10-17(27-3)19-18(11-14)28-8-9-29-19/h4-7,10-12H,8-9H2,1-3H3,(H,22,24)(H,23,25)/t12-/m0/s1. The molecule has 0 spiro atoms.